The average molecular weight is 300 g/mol. The lowest BCUT2D eigenvalue weighted by Crippen LogP contribution is -2.09. The standard InChI is InChI=1S/C16H16N2O4/c1-2-22-16(21)15(20)8-14(19)13-10-18(11-17-13)9-12-6-4-3-5-7-12/h3-8,10-11,20H,2,9H2,1H3. The Morgan fingerprint density at radius 3 is 2.73 bits per heavy atom. The molecule has 0 fully saturated rings. The van der Waals surface area contributed by atoms with Gasteiger partial charge in [0.25, 0.3) is 0 Å². The van der Waals surface area contributed by atoms with Crippen LogP contribution in [0.1, 0.15) is 23.0 Å². The topological polar surface area (TPSA) is 81.4 Å². The Morgan fingerprint density at radius 1 is 1.32 bits per heavy atom. The number of hydrogen-bond acceptors (Lipinski definition) is 5. The molecule has 0 aliphatic carbocycles. The minimum Gasteiger partial charge on any atom is -0.502 e. The molecule has 6 heteroatoms. The third-order valence-corrected chi connectivity index (χ3v) is 2.85. The van der Waals surface area contributed by atoms with Crippen LogP contribution >= 0.6 is 0 Å². The molecular formula is C16H16N2O4. The number of hydrogen-bond donors (Lipinski definition) is 1. The van der Waals surface area contributed by atoms with Gasteiger partial charge in [0.1, 0.15) is 5.69 Å². The van der Waals surface area contributed by atoms with E-state index in [0.717, 1.165) is 11.6 Å². The molecule has 22 heavy (non-hydrogen) atoms. The molecule has 2 aromatic rings. The lowest BCUT2D eigenvalue weighted by atomic mass is 10.2. The van der Waals surface area contributed by atoms with Crippen LogP contribution in [-0.2, 0) is 16.1 Å². The van der Waals surface area contributed by atoms with E-state index in [2.05, 4.69) is 9.72 Å². The summed E-state index contributed by atoms with van der Waals surface area (Å²) in [6.45, 7) is 2.31. The average Bonchev–Trinajstić information content (AvgIpc) is 2.97. The Bertz CT molecular complexity index is 689. The van der Waals surface area contributed by atoms with E-state index in [9.17, 15) is 14.7 Å². The zero-order chi connectivity index (χ0) is 15.9. The number of benzene rings is 1. The van der Waals surface area contributed by atoms with Crippen LogP contribution in [0.15, 0.2) is 54.7 Å². The number of carbonyl (C=O) groups is 2. The van der Waals surface area contributed by atoms with Crippen molar-refractivity contribution in [1.29, 1.82) is 0 Å². The molecule has 0 amide bonds. The molecule has 1 aromatic carbocycles. The predicted molar refractivity (Wildman–Crippen MR) is 79.4 cm³/mol. The van der Waals surface area contributed by atoms with Crippen molar-refractivity contribution < 1.29 is 19.4 Å². The fraction of sp³-hybridized carbons (Fsp3) is 0.188. The molecule has 6 nitrogen and oxygen atoms in total. The first-order valence-electron chi connectivity index (χ1n) is 6.78. The van der Waals surface area contributed by atoms with E-state index in [1.807, 2.05) is 30.3 Å². The van der Waals surface area contributed by atoms with Gasteiger partial charge in [-0.05, 0) is 12.5 Å². The number of esters is 1. The van der Waals surface area contributed by atoms with Crippen LogP contribution in [0.5, 0.6) is 0 Å². The van der Waals surface area contributed by atoms with Gasteiger partial charge in [-0.3, -0.25) is 4.79 Å². The molecule has 1 N–H and O–H groups in total. The summed E-state index contributed by atoms with van der Waals surface area (Å²) in [7, 11) is 0. The lowest BCUT2D eigenvalue weighted by Gasteiger charge is -2.01. The molecule has 1 aromatic heterocycles. The largest absolute Gasteiger partial charge is 0.502 e. The third kappa shape index (κ3) is 4.05. The number of carbonyl (C=O) groups excluding carboxylic acids is 2. The number of allylic oxidation sites excluding steroid dienone is 1. The first kappa shape index (κ1) is 15.5. The van der Waals surface area contributed by atoms with Gasteiger partial charge in [-0.1, -0.05) is 30.3 Å². The van der Waals surface area contributed by atoms with Crippen LogP contribution in [-0.4, -0.2) is 33.0 Å². The van der Waals surface area contributed by atoms with Crippen molar-refractivity contribution in [1.82, 2.24) is 9.55 Å². The Labute approximate surface area is 127 Å². The lowest BCUT2D eigenvalue weighted by molar-refractivity contribution is -0.141. The quantitative estimate of drug-likeness (QED) is 0.382. The summed E-state index contributed by atoms with van der Waals surface area (Å²) < 4.78 is 6.34. The summed E-state index contributed by atoms with van der Waals surface area (Å²) >= 11 is 0. The summed E-state index contributed by atoms with van der Waals surface area (Å²) in [5.74, 6) is -2.22. The Morgan fingerprint density at radius 2 is 2.05 bits per heavy atom. The molecule has 0 saturated heterocycles. The normalized spacial score (nSPS) is 11.2. The maximum atomic E-state index is 11.9. The summed E-state index contributed by atoms with van der Waals surface area (Å²) in [6.07, 6.45) is 3.90. The number of imidazole rings is 1. The van der Waals surface area contributed by atoms with Crippen LogP contribution in [0.2, 0.25) is 0 Å². The molecule has 0 aliphatic heterocycles. The smallest absolute Gasteiger partial charge is 0.373 e. The van der Waals surface area contributed by atoms with Crippen LogP contribution < -0.4 is 0 Å². The molecule has 0 spiro atoms. The van der Waals surface area contributed by atoms with E-state index in [4.69, 9.17) is 0 Å². The van der Waals surface area contributed by atoms with Gasteiger partial charge in [0, 0.05) is 18.8 Å². The SMILES string of the molecule is CCOC(=O)C(O)=CC(=O)c1cn(Cc2ccccc2)cn1. The molecule has 0 radical (unpaired) electrons. The van der Waals surface area contributed by atoms with E-state index in [-0.39, 0.29) is 12.3 Å². The highest BCUT2D eigenvalue weighted by atomic mass is 16.5. The third-order valence-electron chi connectivity index (χ3n) is 2.85. The minimum absolute atomic E-state index is 0.122. The van der Waals surface area contributed by atoms with E-state index < -0.39 is 17.5 Å². The second kappa shape index (κ2) is 7.21. The van der Waals surface area contributed by atoms with Crippen molar-refractivity contribution in [3.8, 4) is 0 Å². The van der Waals surface area contributed by atoms with Gasteiger partial charge in [-0.25, -0.2) is 9.78 Å². The second-order valence-electron chi connectivity index (χ2n) is 4.53. The molecule has 0 saturated carbocycles. The van der Waals surface area contributed by atoms with Crippen molar-refractivity contribution in [2.24, 2.45) is 0 Å². The highest BCUT2D eigenvalue weighted by Gasteiger charge is 2.13. The molecule has 114 valence electrons. The highest BCUT2D eigenvalue weighted by molar-refractivity contribution is 6.06. The van der Waals surface area contributed by atoms with Gasteiger partial charge in [0.15, 0.2) is 0 Å². The Kier molecular flexibility index (Phi) is 5.08. The van der Waals surface area contributed by atoms with Crippen molar-refractivity contribution in [2.45, 2.75) is 13.5 Å². The van der Waals surface area contributed by atoms with Crippen molar-refractivity contribution in [2.75, 3.05) is 6.61 Å². The van der Waals surface area contributed by atoms with E-state index in [1.54, 1.807) is 17.7 Å². The maximum Gasteiger partial charge on any atom is 0.373 e. The maximum absolute atomic E-state index is 11.9. The summed E-state index contributed by atoms with van der Waals surface area (Å²) in [5.41, 5.74) is 1.22. The fourth-order valence-corrected chi connectivity index (χ4v) is 1.83. The first-order chi connectivity index (χ1) is 10.6. The van der Waals surface area contributed by atoms with E-state index in [0.29, 0.717) is 6.54 Å². The zero-order valence-corrected chi connectivity index (χ0v) is 12.1. The number of aromatic nitrogens is 2. The van der Waals surface area contributed by atoms with Crippen LogP contribution in [0.25, 0.3) is 0 Å². The molecule has 2 rings (SSSR count). The fourth-order valence-electron chi connectivity index (χ4n) is 1.83. The van der Waals surface area contributed by atoms with Gasteiger partial charge >= 0.3 is 5.97 Å². The Balaban J connectivity index is 2.06. The zero-order valence-electron chi connectivity index (χ0n) is 12.1. The van der Waals surface area contributed by atoms with Crippen molar-refractivity contribution >= 4 is 11.8 Å². The van der Waals surface area contributed by atoms with Crippen molar-refractivity contribution in [3.63, 3.8) is 0 Å². The predicted octanol–water partition coefficient (Wildman–Crippen LogP) is 2.12. The number of nitrogens with zero attached hydrogens (tertiary/aromatic N) is 2. The number of rotatable bonds is 6. The van der Waals surface area contributed by atoms with Gasteiger partial charge < -0.3 is 14.4 Å². The summed E-state index contributed by atoms with van der Waals surface area (Å²) in [6, 6.07) is 9.72. The van der Waals surface area contributed by atoms with Gasteiger partial charge in [-0.2, -0.15) is 0 Å². The molecule has 1 heterocycles. The van der Waals surface area contributed by atoms with E-state index >= 15 is 0 Å². The minimum atomic E-state index is -0.931. The van der Waals surface area contributed by atoms with Crippen LogP contribution in [0.4, 0.5) is 0 Å². The first-order valence-corrected chi connectivity index (χ1v) is 6.78. The van der Waals surface area contributed by atoms with Gasteiger partial charge in [-0.15, -0.1) is 0 Å². The summed E-state index contributed by atoms with van der Waals surface area (Å²) in [5, 5.41) is 9.45. The van der Waals surface area contributed by atoms with Gasteiger partial charge in [0.05, 0.1) is 12.9 Å². The molecule has 0 unspecified atom stereocenters. The van der Waals surface area contributed by atoms with Gasteiger partial charge in [0.2, 0.25) is 11.5 Å². The van der Waals surface area contributed by atoms with Crippen LogP contribution in [0, 0.1) is 0 Å². The Hall–Kier alpha value is -2.89. The molecule has 0 atom stereocenters. The molecule has 0 bridgehead atoms. The van der Waals surface area contributed by atoms with Crippen LogP contribution in [0.3, 0.4) is 0 Å². The van der Waals surface area contributed by atoms with E-state index in [1.165, 1.54) is 6.33 Å². The number of ketones is 1. The number of aliphatic hydroxyl groups excluding tert-OH is 1. The second-order valence-corrected chi connectivity index (χ2v) is 4.53. The van der Waals surface area contributed by atoms with Crippen molar-refractivity contribution in [3.05, 3.63) is 65.9 Å². The number of aliphatic hydroxyl groups is 1. The summed E-state index contributed by atoms with van der Waals surface area (Å²) in [4.78, 5) is 27.1. The molecular weight excluding hydrogens is 284 g/mol. The molecule has 0 aliphatic rings. The number of ether oxygens (including phenoxy) is 1. The monoisotopic (exact) mass is 300 g/mol. The highest BCUT2D eigenvalue weighted by Crippen LogP contribution is 2.06.